The van der Waals surface area contributed by atoms with Crippen LogP contribution in [0.1, 0.15) is 82.6 Å². The molecule has 1 amide bonds. The van der Waals surface area contributed by atoms with Crippen molar-refractivity contribution in [3.05, 3.63) is 58.2 Å². The van der Waals surface area contributed by atoms with Crippen LogP contribution in [0, 0.1) is 18.8 Å². The van der Waals surface area contributed by atoms with Gasteiger partial charge in [-0.25, -0.2) is 4.98 Å². The molecule has 10 nitrogen and oxygen atoms in total. The van der Waals surface area contributed by atoms with E-state index < -0.39 is 17.7 Å². The number of hydrogen-bond acceptors (Lipinski definition) is 8. The van der Waals surface area contributed by atoms with E-state index in [4.69, 9.17) is 24.7 Å². The van der Waals surface area contributed by atoms with Crippen LogP contribution in [0.2, 0.25) is 0 Å². The Morgan fingerprint density at radius 2 is 2.08 bits per heavy atom. The molecular formula is C28H29N5O5. The molecule has 2 aromatic heterocycles. The molecule has 3 fully saturated rings. The molecule has 2 bridgehead atoms. The number of carbonyl (C=O) groups excluding carboxylic acids is 1. The lowest BCUT2D eigenvalue weighted by molar-refractivity contribution is 0.0450. The van der Waals surface area contributed by atoms with Crippen molar-refractivity contribution in [2.75, 3.05) is 19.8 Å². The van der Waals surface area contributed by atoms with Gasteiger partial charge < -0.3 is 29.4 Å². The first-order valence-electron chi connectivity index (χ1n) is 13.1. The summed E-state index contributed by atoms with van der Waals surface area (Å²) in [6.07, 6.45) is 2.35. The number of rotatable bonds is 5. The van der Waals surface area contributed by atoms with Gasteiger partial charge in [-0.3, -0.25) is 10.1 Å². The SMILES string of the molecule is Cc1cc([C@]2(C#Cc3ccc4c(c3)-c3nc(C(N)=O)c(C(O)NC5CCOCC5)n3C3CC4C3)CO2)no1. The second-order valence-electron chi connectivity index (χ2n) is 10.7. The molecule has 8 rings (SSSR count). The number of ether oxygens (including phenoxy) is 2. The van der Waals surface area contributed by atoms with Crippen LogP contribution >= 0.6 is 0 Å². The highest BCUT2D eigenvalue weighted by atomic mass is 16.6. The van der Waals surface area contributed by atoms with Crippen molar-refractivity contribution in [2.45, 2.75) is 62.4 Å². The molecule has 6 heterocycles. The first kappa shape index (κ1) is 23.6. The van der Waals surface area contributed by atoms with Gasteiger partial charge in [-0.05, 0) is 56.2 Å². The Balaban J connectivity index is 1.28. The number of aliphatic hydroxyl groups excluding tert-OH is 1. The Morgan fingerprint density at radius 3 is 2.76 bits per heavy atom. The van der Waals surface area contributed by atoms with Gasteiger partial charge in [0.15, 0.2) is 11.3 Å². The van der Waals surface area contributed by atoms with Crippen LogP contribution < -0.4 is 11.1 Å². The van der Waals surface area contributed by atoms with Gasteiger partial charge in [-0.1, -0.05) is 23.1 Å². The second-order valence-corrected chi connectivity index (χ2v) is 10.7. The van der Waals surface area contributed by atoms with E-state index in [-0.39, 0.29) is 17.8 Å². The van der Waals surface area contributed by atoms with Crippen molar-refractivity contribution in [1.82, 2.24) is 20.0 Å². The lowest BCUT2D eigenvalue weighted by atomic mass is 9.75. The maximum atomic E-state index is 12.5. The highest BCUT2D eigenvalue weighted by Crippen LogP contribution is 2.53. The number of carbonyl (C=O) groups is 1. The van der Waals surface area contributed by atoms with E-state index in [1.807, 2.05) is 29.7 Å². The minimum absolute atomic E-state index is 0.0881. The quantitative estimate of drug-likeness (QED) is 0.267. The molecule has 1 saturated carbocycles. The highest BCUT2D eigenvalue weighted by molar-refractivity contribution is 5.93. The van der Waals surface area contributed by atoms with Crippen LogP contribution in [0.25, 0.3) is 11.4 Å². The van der Waals surface area contributed by atoms with Crippen molar-refractivity contribution in [3.63, 3.8) is 0 Å². The Hall–Kier alpha value is -3.49. The van der Waals surface area contributed by atoms with Gasteiger partial charge in [0, 0.05) is 42.5 Å². The second kappa shape index (κ2) is 8.78. The number of aliphatic hydroxyl groups is 1. The Bertz CT molecular complexity index is 1480. The van der Waals surface area contributed by atoms with E-state index in [9.17, 15) is 9.90 Å². The number of epoxide rings is 1. The van der Waals surface area contributed by atoms with Crippen molar-refractivity contribution in [1.29, 1.82) is 0 Å². The number of benzene rings is 1. The molecule has 1 unspecified atom stereocenters. The predicted molar refractivity (Wildman–Crippen MR) is 135 cm³/mol. The largest absolute Gasteiger partial charge is 0.381 e. The summed E-state index contributed by atoms with van der Waals surface area (Å²) in [5.41, 5.74) is 9.15. The molecule has 196 valence electrons. The zero-order valence-corrected chi connectivity index (χ0v) is 21.1. The lowest BCUT2D eigenvalue weighted by Crippen LogP contribution is -2.39. The fraction of sp³-hybridized carbons (Fsp3) is 0.464. The van der Waals surface area contributed by atoms with Crippen LogP contribution in [-0.2, 0) is 15.1 Å². The van der Waals surface area contributed by atoms with E-state index >= 15 is 0 Å². The first-order chi connectivity index (χ1) is 18.4. The van der Waals surface area contributed by atoms with Crippen LogP contribution in [-0.4, -0.2) is 51.6 Å². The third-order valence-corrected chi connectivity index (χ3v) is 8.15. The average Bonchev–Trinajstić information content (AvgIpc) is 3.45. The number of aromatic nitrogens is 3. The topological polar surface area (TPSA) is 141 Å². The Morgan fingerprint density at radius 1 is 1.29 bits per heavy atom. The summed E-state index contributed by atoms with van der Waals surface area (Å²) in [6.45, 7) is 3.59. The Kier molecular flexibility index (Phi) is 5.46. The smallest absolute Gasteiger partial charge is 0.269 e. The number of nitrogens with zero attached hydrogens (tertiary/aromatic N) is 3. The maximum Gasteiger partial charge on any atom is 0.269 e. The molecule has 2 saturated heterocycles. The van der Waals surface area contributed by atoms with Crippen molar-refractivity contribution >= 4 is 5.91 Å². The van der Waals surface area contributed by atoms with E-state index in [1.54, 1.807) is 0 Å². The highest BCUT2D eigenvalue weighted by Gasteiger charge is 2.48. The summed E-state index contributed by atoms with van der Waals surface area (Å²) >= 11 is 0. The first-order valence-corrected chi connectivity index (χ1v) is 13.1. The monoisotopic (exact) mass is 515 g/mol. The van der Waals surface area contributed by atoms with Gasteiger partial charge >= 0.3 is 0 Å². The van der Waals surface area contributed by atoms with Gasteiger partial charge in [0.2, 0.25) is 0 Å². The molecule has 0 spiro atoms. The Labute approximate surface area is 219 Å². The van der Waals surface area contributed by atoms with Crippen molar-refractivity contribution < 1.29 is 23.9 Å². The van der Waals surface area contributed by atoms with Crippen molar-refractivity contribution in [2.24, 2.45) is 5.73 Å². The van der Waals surface area contributed by atoms with Gasteiger partial charge in [0.1, 0.15) is 23.5 Å². The molecule has 1 aliphatic carbocycles. The number of imidazole rings is 1. The number of nitrogens with two attached hydrogens (primary N) is 1. The molecule has 1 aromatic carbocycles. The van der Waals surface area contributed by atoms with Crippen LogP contribution in [0.5, 0.6) is 0 Å². The minimum Gasteiger partial charge on any atom is -0.381 e. The average molecular weight is 516 g/mol. The molecular weight excluding hydrogens is 486 g/mol. The summed E-state index contributed by atoms with van der Waals surface area (Å²) in [5.74, 6) is 7.57. The summed E-state index contributed by atoms with van der Waals surface area (Å²) in [4.78, 5) is 17.2. The predicted octanol–water partition coefficient (Wildman–Crippen LogP) is 2.41. The van der Waals surface area contributed by atoms with E-state index in [1.165, 1.54) is 5.56 Å². The number of aryl methyl sites for hydroxylation is 1. The van der Waals surface area contributed by atoms with Crippen LogP contribution in [0.15, 0.2) is 28.8 Å². The van der Waals surface area contributed by atoms with Gasteiger partial charge in [0.25, 0.3) is 5.91 Å². The molecule has 2 atom stereocenters. The van der Waals surface area contributed by atoms with Gasteiger partial charge in [-0.2, -0.15) is 0 Å². The van der Waals surface area contributed by atoms with Crippen LogP contribution in [0.4, 0.5) is 0 Å². The molecule has 38 heavy (non-hydrogen) atoms. The normalized spacial score (nSPS) is 26.3. The molecule has 3 aromatic rings. The summed E-state index contributed by atoms with van der Waals surface area (Å²) in [5, 5.41) is 18.7. The fourth-order valence-corrected chi connectivity index (χ4v) is 5.94. The van der Waals surface area contributed by atoms with Crippen LogP contribution in [0.3, 0.4) is 0 Å². The van der Waals surface area contributed by atoms with Crippen molar-refractivity contribution in [3.8, 4) is 23.2 Å². The summed E-state index contributed by atoms with van der Waals surface area (Å²) < 4.78 is 18.3. The summed E-state index contributed by atoms with van der Waals surface area (Å²) in [6, 6.07) is 8.20. The standard InChI is InChI=1S/C28H29N5O5/c1-15-10-22(32-38-15)28(14-37-28)7-4-16-2-3-20-17-12-19(13-17)33-24(27(35)30-18-5-8-36-9-6-18)23(25(29)34)31-26(33)21(20)11-16/h2-3,10-11,17-19,27,30,35H,5-6,8-9,12-14H2,1H3,(H2,29,34)/t17?,19?,27?,28-/m0/s1. The third-order valence-electron chi connectivity index (χ3n) is 8.15. The van der Waals surface area contributed by atoms with Gasteiger partial charge in [-0.15, -0.1) is 0 Å². The fourth-order valence-electron chi connectivity index (χ4n) is 5.94. The zero-order valence-electron chi connectivity index (χ0n) is 21.1. The number of primary amides is 1. The molecule has 5 aliphatic rings. The molecule has 10 heteroatoms. The molecule has 0 radical (unpaired) electrons. The zero-order chi connectivity index (χ0) is 26.0. The van der Waals surface area contributed by atoms with E-state index in [0.717, 1.165) is 36.8 Å². The number of amides is 1. The number of nitrogens with one attached hydrogen (secondary N) is 1. The number of hydrogen-bond donors (Lipinski definition) is 3. The van der Waals surface area contributed by atoms with E-state index in [0.29, 0.717) is 48.7 Å². The lowest BCUT2D eigenvalue weighted by Gasteiger charge is -2.36. The van der Waals surface area contributed by atoms with E-state index in [2.05, 4.69) is 28.4 Å². The molecule has 4 N–H and O–H groups in total. The van der Waals surface area contributed by atoms with Gasteiger partial charge in [0.05, 0.1) is 12.3 Å². The minimum atomic E-state index is -1.07. The summed E-state index contributed by atoms with van der Waals surface area (Å²) in [7, 11) is 0. The molecule has 4 aliphatic heterocycles. The maximum absolute atomic E-state index is 12.5. The third kappa shape index (κ3) is 3.85.